The SMILES string of the molecule is CCc1ccnn1-c1cccc(C(=O)O)c1. The minimum atomic E-state index is -0.924. The van der Waals surface area contributed by atoms with Gasteiger partial charge in [-0.2, -0.15) is 5.10 Å². The van der Waals surface area contributed by atoms with Gasteiger partial charge in [0.05, 0.1) is 11.3 Å². The number of carboxylic acid groups (broad SMARTS) is 1. The summed E-state index contributed by atoms with van der Waals surface area (Å²) in [7, 11) is 0. The van der Waals surface area contributed by atoms with Crippen LogP contribution >= 0.6 is 0 Å². The number of aromatic carboxylic acids is 1. The fourth-order valence-corrected chi connectivity index (χ4v) is 1.60. The lowest BCUT2D eigenvalue weighted by Gasteiger charge is -2.06. The number of hydrogen-bond donors (Lipinski definition) is 1. The third-order valence-corrected chi connectivity index (χ3v) is 2.42. The zero-order valence-electron chi connectivity index (χ0n) is 8.92. The van der Waals surface area contributed by atoms with Gasteiger partial charge in [0, 0.05) is 11.9 Å². The third kappa shape index (κ3) is 1.82. The number of carbonyl (C=O) groups is 1. The van der Waals surface area contributed by atoms with Gasteiger partial charge in [0.2, 0.25) is 0 Å². The summed E-state index contributed by atoms with van der Waals surface area (Å²) in [5.74, 6) is -0.924. The van der Waals surface area contributed by atoms with Crippen molar-refractivity contribution < 1.29 is 9.90 Å². The van der Waals surface area contributed by atoms with E-state index in [2.05, 4.69) is 5.10 Å². The van der Waals surface area contributed by atoms with Gasteiger partial charge < -0.3 is 5.11 Å². The van der Waals surface area contributed by atoms with Gasteiger partial charge in [-0.3, -0.25) is 0 Å². The molecule has 0 spiro atoms. The molecule has 1 aromatic heterocycles. The lowest BCUT2D eigenvalue weighted by atomic mass is 10.2. The van der Waals surface area contributed by atoms with Gasteiger partial charge in [-0.05, 0) is 30.7 Å². The third-order valence-electron chi connectivity index (χ3n) is 2.42. The largest absolute Gasteiger partial charge is 0.478 e. The summed E-state index contributed by atoms with van der Waals surface area (Å²) in [6, 6.07) is 8.68. The van der Waals surface area contributed by atoms with E-state index in [-0.39, 0.29) is 5.56 Å². The summed E-state index contributed by atoms with van der Waals surface area (Å²) in [5, 5.41) is 13.1. The number of rotatable bonds is 3. The van der Waals surface area contributed by atoms with Crippen LogP contribution in [0.1, 0.15) is 23.0 Å². The van der Waals surface area contributed by atoms with Gasteiger partial charge in [-0.25, -0.2) is 9.48 Å². The lowest BCUT2D eigenvalue weighted by Crippen LogP contribution is -2.03. The van der Waals surface area contributed by atoms with Crippen LogP contribution in [0.5, 0.6) is 0 Å². The van der Waals surface area contributed by atoms with Gasteiger partial charge in [-0.15, -0.1) is 0 Å². The average molecular weight is 216 g/mol. The first kappa shape index (κ1) is 10.4. The molecule has 0 radical (unpaired) electrons. The Hall–Kier alpha value is -2.10. The highest BCUT2D eigenvalue weighted by Gasteiger charge is 2.06. The molecule has 4 nitrogen and oxygen atoms in total. The van der Waals surface area contributed by atoms with Crippen LogP contribution in [0.4, 0.5) is 0 Å². The molecule has 0 aliphatic rings. The van der Waals surface area contributed by atoms with Crippen molar-refractivity contribution in [2.75, 3.05) is 0 Å². The Morgan fingerprint density at radius 2 is 2.25 bits per heavy atom. The van der Waals surface area contributed by atoms with E-state index in [9.17, 15) is 4.79 Å². The molecule has 4 heteroatoms. The standard InChI is InChI=1S/C12H12N2O2/c1-2-10-6-7-13-14(10)11-5-3-4-9(8-11)12(15)16/h3-8H,2H2,1H3,(H,15,16). The minimum Gasteiger partial charge on any atom is -0.478 e. The molecule has 0 amide bonds. The summed E-state index contributed by atoms with van der Waals surface area (Å²) in [4.78, 5) is 10.8. The zero-order chi connectivity index (χ0) is 11.5. The first-order chi connectivity index (χ1) is 7.72. The van der Waals surface area contributed by atoms with Gasteiger partial charge in [0.15, 0.2) is 0 Å². The topological polar surface area (TPSA) is 55.1 Å². The molecule has 1 heterocycles. The molecule has 0 saturated carbocycles. The summed E-state index contributed by atoms with van der Waals surface area (Å²) in [6.07, 6.45) is 2.57. The second-order valence-corrected chi connectivity index (χ2v) is 3.44. The number of aromatic nitrogens is 2. The molecule has 0 unspecified atom stereocenters. The van der Waals surface area contributed by atoms with Crippen molar-refractivity contribution in [3.8, 4) is 5.69 Å². The van der Waals surface area contributed by atoms with Crippen LogP contribution in [0.3, 0.4) is 0 Å². The molecule has 0 bridgehead atoms. The van der Waals surface area contributed by atoms with Crippen molar-refractivity contribution >= 4 is 5.97 Å². The van der Waals surface area contributed by atoms with Crippen LogP contribution in [0.2, 0.25) is 0 Å². The second kappa shape index (κ2) is 4.18. The Labute approximate surface area is 93.1 Å². The molecule has 16 heavy (non-hydrogen) atoms. The molecule has 1 aromatic carbocycles. The van der Waals surface area contributed by atoms with Crippen LogP contribution < -0.4 is 0 Å². The van der Waals surface area contributed by atoms with Gasteiger partial charge in [0.25, 0.3) is 0 Å². The van der Waals surface area contributed by atoms with Gasteiger partial charge in [0.1, 0.15) is 0 Å². The van der Waals surface area contributed by atoms with E-state index < -0.39 is 5.97 Å². The smallest absolute Gasteiger partial charge is 0.335 e. The van der Waals surface area contributed by atoms with Crippen molar-refractivity contribution in [2.24, 2.45) is 0 Å². The van der Waals surface area contributed by atoms with Crippen LogP contribution in [0, 0.1) is 0 Å². The van der Waals surface area contributed by atoms with Gasteiger partial charge in [-0.1, -0.05) is 13.0 Å². The maximum absolute atomic E-state index is 10.8. The quantitative estimate of drug-likeness (QED) is 0.855. The second-order valence-electron chi connectivity index (χ2n) is 3.44. The first-order valence-corrected chi connectivity index (χ1v) is 5.09. The minimum absolute atomic E-state index is 0.273. The maximum atomic E-state index is 10.8. The summed E-state index contributed by atoms with van der Waals surface area (Å²) >= 11 is 0. The van der Waals surface area contributed by atoms with Crippen LogP contribution in [0.25, 0.3) is 5.69 Å². The van der Waals surface area contributed by atoms with Crippen molar-refractivity contribution in [1.29, 1.82) is 0 Å². The van der Waals surface area contributed by atoms with Crippen molar-refractivity contribution in [2.45, 2.75) is 13.3 Å². The molecule has 0 atom stereocenters. The van der Waals surface area contributed by atoms with Crippen LogP contribution in [-0.4, -0.2) is 20.9 Å². The predicted octanol–water partition coefficient (Wildman–Crippen LogP) is 2.13. The molecule has 0 saturated heterocycles. The molecular weight excluding hydrogens is 204 g/mol. The zero-order valence-corrected chi connectivity index (χ0v) is 8.92. The monoisotopic (exact) mass is 216 g/mol. The normalized spacial score (nSPS) is 10.3. The van der Waals surface area contributed by atoms with E-state index in [1.54, 1.807) is 29.1 Å². The summed E-state index contributed by atoms with van der Waals surface area (Å²) < 4.78 is 1.76. The summed E-state index contributed by atoms with van der Waals surface area (Å²) in [5.41, 5.74) is 2.11. The summed E-state index contributed by atoms with van der Waals surface area (Å²) in [6.45, 7) is 2.04. The highest BCUT2D eigenvalue weighted by molar-refractivity contribution is 5.88. The van der Waals surface area contributed by atoms with E-state index in [4.69, 9.17) is 5.11 Å². The molecule has 2 aromatic rings. The number of carboxylic acids is 1. The van der Waals surface area contributed by atoms with Crippen molar-refractivity contribution in [3.05, 3.63) is 47.8 Å². The predicted molar refractivity (Wildman–Crippen MR) is 59.9 cm³/mol. The van der Waals surface area contributed by atoms with E-state index >= 15 is 0 Å². The Kier molecular flexibility index (Phi) is 2.72. The molecule has 2 rings (SSSR count). The molecule has 82 valence electrons. The van der Waals surface area contributed by atoms with E-state index in [1.807, 2.05) is 19.1 Å². The fourth-order valence-electron chi connectivity index (χ4n) is 1.60. The van der Waals surface area contributed by atoms with Crippen molar-refractivity contribution in [3.63, 3.8) is 0 Å². The average Bonchev–Trinajstić information content (AvgIpc) is 2.77. The Bertz CT molecular complexity index is 517. The highest BCUT2D eigenvalue weighted by atomic mass is 16.4. The number of aryl methyl sites for hydroxylation is 1. The van der Waals surface area contributed by atoms with Gasteiger partial charge >= 0.3 is 5.97 Å². The lowest BCUT2D eigenvalue weighted by molar-refractivity contribution is 0.0697. The van der Waals surface area contributed by atoms with E-state index in [0.29, 0.717) is 0 Å². The molecular formula is C12H12N2O2. The maximum Gasteiger partial charge on any atom is 0.335 e. The highest BCUT2D eigenvalue weighted by Crippen LogP contribution is 2.13. The molecule has 0 aliphatic carbocycles. The Balaban J connectivity index is 2.48. The molecule has 0 aliphatic heterocycles. The Morgan fingerprint density at radius 1 is 1.44 bits per heavy atom. The molecule has 0 fully saturated rings. The molecule has 1 N–H and O–H groups in total. The van der Waals surface area contributed by atoms with E-state index in [0.717, 1.165) is 17.8 Å². The number of benzene rings is 1. The van der Waals surface area contributed by atoms with Crippen LogP contribution in [-0.2, 0) is 6.42 Å². The van der Waals surface area contributed by atoms with E-state index in [1.165, 1.54) is 0 Å². The number of nitrogens with zero attached hydrogens (tertiary/aromatic N) is 2. The Morgan fingerprint density at radius 3 is 2.94 bits per heavy atom. The number of hydrogen-bond acceptors (Lipinski definition) is 2. The fraction of sp³-hybridized carbons (Fsp3) is 0.167. The van der Waals surface area contributed by atoms with Crippen LogP contribution in [0.15, 0.2) is 36.5 Å². The van der Waals surface area contributed by atoms with Crippen molar-refractivity contribution in [1.82, 2.24) is 9.78 Å². The first-order valence-electron chi connectivity index (χ1n) is 5.09.